The fourth-order valence-electron chi connectivity index (χ4n) is 8.21. The Kier molecular flexibility index (Phi) is 53.3. The van der Waals surface area contributed by atoms with E-state index in [4.69, 9.17) is 14.2 Å². The monoisotopic (exact) mass is 937 g/mol. The van der Waals surface area contributed by atoms with Crippen LogP contribution in [0.3, 0.4) is 0 Å². The average Bonchev–Trinajstić information content (AvgIpc) is 3.33. The number of ether oxygens (including phenoxy) is 3. The molecule has 0 N–H and O–H groups in total. The summed E-state index contributed by atoms with van der Waals surface area (Å²) in [4.78, 5) is 38.1. The van der Waals surface area contributed by atoms with Crippen LogP contribution in [0.25, 0.3) is 0 Å². The number of allylic oxidation sites excluding steroid dienone is 10. The number of hydrogen-bond acceptors (Lipinski definition) is 6. The van der Waals surface area contributed by atoms with E-state index in [9.17, 15) is 14.4 Å². The molecule has 0 amide bonds. The second kappa shape index (κ2) is 55.7. The summed E-state index contributed by atoms with van der Waals surface area (Å²) in [5.74, 6) is -0.912. The zero-order valence-electron chi connectivity index (χ0n) is 44.4. The molecule has 1 atom stereocenters. The molecule has 388 valence electrons. The Morgan fingerprint density at radius 3 is 0.925 bits per heavy atom. The van der Waals surface area contributed by atoms with E-state index in [-0.39, 0.29) is 31.1 Å². The fourth-order valence-corrected chi connectivity index (χ4v) is 8.21. The first-order chi connectivity index (χ1) is 33.0. The van der Waals surface area contributed by atoms with E-state index in [0.717, 1.165) is 96.3 Å². The van der Waals surface area contributed by atoms with E-state index < -0.39 is 6.10 Å². The minimum absolute atomic E-state index is 0.0876. The summed E-state index contributed by atoms with van der Waals surface area (Å²) in [6.45, 7) is 6.59. The average molecular weight is 938 g/mol. The first-order valence-corrected chi connectivity index (χ1v) is 28.8. The maximum absolute atomic E-state index is 12.9. The molecule has 6 nitrogen and oxygen atoms in total. The van der Waals surface area contributed by atoms with Crippen LogP contribution < -0.4 is 0 Å². The summed E-state index contributed by atoms with van der Waals surface area (Å²) in [5, 5.41) is 0. The van der Waals surface area contributed by atoms with Crippen LogP contribution >= 0.6 is 0 Å². The topological polar surface area (TPSA) is 78.9 Å². The van der Waals surface area contributed by atoms with Gasteiger partial charge in [0.25, 0.3) is 0 Å². The Morgan fingerprint density at radius 1 is 0.299 bits per heavy atom. The molecule has 0 aromatic heterocycles. The van der Waals surface area contributed by atoms with Crippen LogP contribution in [0.4, 0.5) is 0 Å². The Balaban J connectivity index is 4.42. The maximum Gasteiger partial charge on any atom is 0.306 e. The van der Waals surface area contributed by atoms with Crippen LogP contribution in [0.15, 0.2) is 60.8 Å². The SMILES string of the molecule is CCCCC\C=C/C=C\C=C/C=C\CCCCCCCC(=O)OCC(COC(=O)CCCCC/C=C\CCCCCCCCC)OC(=O)CCCCCCCCCCCCCCCCCCC. The van der Waals surface area contributed by atoms with Crippen LogP contribution in [0.1, 0.15) is 290 Å². The smallest absolute Gasteiger partial charge is 0.306 e. The van der Waals surface area contributed by atoms with Gasteiger partial charge in [-0.05, 0) is 70.6 Å². The quantitative estimate of drug-likeness (QED) is 0.0199. The number of carbonyl (C=O) groups excluding carboxylic acids is 3. The largest absolute Gasteiger partial charge is 0.462 e. The van der Waals surface area contributed by atoms with E-state index in [1.54, 1.807) is 0 Å². The molecular weight excluding hydrogens is 829 g/mol. The van der Waals surface area contributed by atoms with Gasteiger partial charge in [-0.2, -0.15) is 0 Å². The van der Waals surface area contributed by atoms with E-state index in [1.807, 2.05) is 0 Å². The van der Waals surface area contributed by atoms with Gasteiger partial charge in [-0.25, -0.2) is 0 Å². The lowest BCUT2D eigenvalue weighted by molar-refractivity contribution is -0.167. The molecule has 0 spiro atoms. The minimum Gasteiger partial charge on any atom is -0.462 e. The summed E-state index contributed by atoms with van der Waals surface area (Å²) in [6.07, 6.45) is 69.2. The molecule has 0 aromatic carbocycles. The van der Waals surface area contributed by atoms with Gasteiger partial charge >= 0.3 is 17.9 Å². The molecule has 0 saturated heterocycles. The standard InChI is InChI=1S/C61H108O6/c1-4-7-10-13-16-19-22-25-28-30-32-33-36-39-42-45-48-51-54-60(63)66-57-58(56-65-59(62)53-50-47-44-41-38-35-27-24-21-18-15-12-9-6-3)67-61(64)55-52-49-46-43-40-37-34-31-29-26-23-20-17-14-11-8-5-2/h16,19,22,25,28,30,32-33,35,38,58H,4-15,17-18,20-21,23-24,26-27,29,31,34,36-37,39-57H2,1-3H3/b19-16-,25-22-,30-28-,33-32-,38-35-. The van der Waals surface area contributed by atoms with Crippen molar-refractivity contribution in [2.24, 2.45) is 0 Å². The van der Waals surface area contributed by atoms with Gasteiger partial charge in [0.1, 0.15) is 13.2 Å². The third kappa shape index (κ3) is 53.9. The van der Waals surface area contributed by atoms with Crippen molar-refractivity contribution in [2.75, 3.05) is 13.2 Å². The molecule has 0 rings (SSSR count). The van der Waals surface area contributed by atoms with Gasteiger partial charge in [-0.1, -0.05) is 261 Å². The van der Waals surface area contributed by atoms with Gasteiger partial charge in [0.05, 0.1) is 0 Å². The Morgan fingerprint density at radius 2 is 0.552 bits per heavy atom. The van der Waals surface area contributed by atoms with Crippen molar-refractivity contribution in [3.8, 4) is 0 Å². The summed E-state index contributed by atoms with van der Waals surface area (Å²) in [5.41, 5.74) is 0. The highest BCUT2D eigenvalue weighted by Gasteiger charge is 2.19. The van der Waals surface area contributed by atoms with Crippen LogP contribution in [-0.2, 0) is 28.6 Å². The van der Waals surface area contributed by atoms with Crippen molar-refractivity contribution in [3.63, 3.8) is 0 Å². The predicted molar refractivity (Wildman–Crippen MR) is 288 cm³/mol. The number of esters is 3. The molecule has 0 heterocycles. The molecule has 6 heteroatoms. The lowest BCUT2D eigenvalue weighted by Gasteiger charge is -2.18. The third-order valence-corrected chi connectivity index (χ3v) is 12.6. The molecule has 0 aliphatic heterocycles. The molecule has 0 radical (unpaired) electrons. The van der Waals surface area contributed by atoms with Crippen LogP contribution in [0.5, 0.6) is 0 Å². The van der Waals surface area contributed by atoms with Gasteiger partial charge in [0.2, 0.25) is 0 Å². The van der Waals surface area contributed by atoms with E-state index in [2.05, 4.69) is 81.5 Å². The van der Waals surface area contributed by atoms with Crippen molar-refractivity contribution >= 4 is 17.9 Å². The van der Waals surface area contributed by atoms with Gasteiger partial charge in [0.15, 0.2) is 6.10 Å². The zero-order chi connectivity index (χ0) is 48.6. The fraction of sp³-hybridized carbons (Fsp3) is 0.787. The van der Waals surface area contributed by atoms with Crippen molar-refractivity contribution in [3.05, 3.63) is 60.8 Å². The Bertz CT molecular complexity index is 1210. The molecule has 0 aliphatic carbocycles. The van der Waals surface area contributed by atoms with Crippen LogP contribution in [-0.4, -0.2) is 37.2 Å². The summed E-state index contributed by atoms with van der Waals surface area (Å²) in [7, 11) is 0. The second-order valence-electron chi connectivity index (χ2n) is 19.3. The van der Waals surface area contributed by atoms with E-state index >= 15 is 0 Å². The Hall–Kier alpha value is -2.89. The molecule has 67 heavy (non-hydrogen) atoms. The highest BCUT2D eigenvalue weighted by atomic mass is 16.6. The van der Waals surface area contributed by atoms with E-state index in [1.165, 1.54) is 154 Å². The maximum atomic E-state index is 12.9. The van der Waals surface area contributed by atoms with Gasteiger partial charge in [0, 0.05) is 19.3 Å². The zero-order valence-corrected chi connectivity index (χ0v) is 44.4. The highest BCUT2D eigenvalue weighted by Crippen LogP contribution is 2.16. The number of hydrogen-bond donors (Lipinski definition) is 0. The second-order valence-corrected chi connectivity index (χ2v) is 19.3. The number of carbonyl (C=O) groups is 3. The summed E-state index contributed by atoms with van der Waals surface area (Å²) in [6, 6.07) is 0. The van der Waals surface area contributed by atoms with Gasteiger partial charge in [-0.15, -0.1) is 0 Å². The Labute approximate surface area is 415 Å². The van der Waals surface area contributed by atoms with Gasteiger partial charge < -0.3 is 14.2 Å². The molecule has 0 bridgehead atoms. The first kappa shape index (κ1) is 64.1. The predicted octanol–water partition coefficient (Wildman–Crippen LogP) is 19.2. The van der Waals surface area contributed by atoms with Crippen molar-refractivity contribution < 1.29 is 28.6 Å². The normalized spacial score (nSPS) is 12.5. The molecule has 0 aliphatic rings. The molecular formula is C61H108O6. The lowest BCUT2D eigenvalue weighted by Crippen LogP contribution is -2.30. The molecule has 0 fully saturated rings. The van der Waals surface area contributed by atoms with Gasteiger partial charge in [-0.3, -0.25) is 14.4 Å². The molecule has 0 saturated carbocycles. The van der Waals surface area contributed by atoms with Crippen LogP contribution in [0.2, 0.25) is 0 Å². The molecule has 1 unspecified atom stereocenters. The lowest BCUT2D eigenvalue weighted by atomic mass is 10.0. The first-order valence-electron chi connectivity index (χ1n) is 28.8. The minimum atomic E-state index is -0.788. The van der Waals surface area contributed by atoms with E-state index in [0.29, 0.717) is 19.3 Å². The molecule has 0 aromatic rings. The van der Waals surface area contributed by atoms with Crippen molar-refractivity contribution in [1.82, 2.24) is 0 Å². The highest BCUT2D eigenvalue weighted by molar-refractivity contribution is 5.71. The summed E-state index contributed by atoms with van der Waals surface area (Å²) < 4.78 is 16.8. The summed E-state index contributed by atoms with van der Waals surface area (Å²) >= 11 is 0. The number of rotatable bonds is 52. The number of unbranched alkanes of at least 4 members (excludes halogenated alkanes) is 34. The van der Waals surface area contributed by atoms with Crippen LogP contribution in [0, 0.1) is 0 Å². The van der Waals surface area contributed by atoms with Crippen molar-refractivity contribution in [1.29, 1.82) is 0 Å². The third-order valence-electron chi connectivity index (χ3n) is 12.6. The van der Waals surface area contributed by atoms with Crippen molar-refractivity contribution in [2.45, 2.75) is 297 Å².